The van der Waals surface area contributed by atoms with Crippen molar-refractivity contribution in [3.05, 3.63) is 18.0 Å². The van der Waals surface area contributed by atoms with E-state index in [0.717, 1.165) is 43.2 Å². The van der Waals surface area contributed by atoms with Crippen molar-refractivity contribution < 1.29 is 4.79 Å². The second kappa shape index (κ2) is 5.79. The normalized spacial score (nSPS) is 16.8. The lowest BCUT2D eigenvalue weighted by molar-refractivity contribution is -0.140. The minimum absolute atomic E-state index is 0.232. The molecule has 1 N–H and O–H groups in total. The quantitative estimate of drug-likeness (QED) is 0.915. The molecule has 23 heavy (non-hydrogen) atoms. The van der Waals surface area contributed by atoms with Crippen LogP contribution in [0, 0.1) is 12.3 Å². The first kappa shape index (κ1) is 15.7. The van der Waals surface area contributed by atoms with Crippen molar-refractivity contribution >= 4 is 17.4 Å². The summed E-state index contributed by atoms with van der Waals surface area (Å²) in [6, 6.07) is 4.17. The van der Waals surface area contributed by atoms with Crippen molar-refractivity contribution in [2.75, 3.05) is 18.4 Å². The number of hydrogen-bond acceptors (Lipinski definition) is 5. The van der Waals surface area contributed by atoms with Crippen LogP contribution in [0.1, 0.15) is 39.4 Å². The minimum Gasteiger partial charge on any atom is -0.366 e. The van der Waals surface area contributed by atoms with Gasteiger partial charge in [-0.3, -0.25) is 4.79 Å². The Bertz CT molecular complexity index is 709. The fourth-order valence-corrected chi connectivity index (χ4v) is 2.88. The number of hydrogen-bond donors (Lipinski definition) is 1. The summed E-state index contributed by atoms with van der Waals surface area (Å²) in [5.41, 5.74) is 0.442. The van der Waals surface area contributed by atoms with E-state index in [2.05, 4.69) is 20.6 Å². The van der Waals surface area contributed by atoms with Crippen molar-refractivity contribution in [2.24, 2.45) is 5.41 Å². The molecule has 0 atom stereocenters. The molecule has 0 unspecified atom stereocenters. The summed E-state index contributed by atoms with van der Waals surface area (Å²) in [6.07, 6.45) is 1.87. The maximum absolute atomic E-state index is 12.3. The molecule has 0 spiro atoms. The second-order valence-corrected chi connectivity index (χ2v) is 7.20. The fourth-order valence-electron chi connectivity index (χ4n) is 2.88. The highest BCUT2D eigenvalue weighted by Crippen LogP contribution is 2.22. The van der Waals surface area contributed by atoms with Crippen LogP contribution in [0.3, 0.4) is 0 Å². The average molecular weight is 316 g/mol. The number of carbonyl (C=O) groups excluding carboxylic acids is 1. The summed E-state index contributed by atoms with van der Waals surface area (Å²) in [5.74, 6) is 1.82. The summed E-state index contributed by atoms with van der Waals surface area (Å²) in [7, 11) is 0. The molecule has 7 nitrogen and oxygen atoms in total. The number of likely N-dealkylation sites (tertiary alicyclic amines) is 1. The zero-order valence-corrected chi connectivity index (χ0v) is 14.2. The van der Waals surface area contributed by atoms with Gasteiger partial charge in [-0.2, -0.15) is 4.52 Å². The highest BCUT2D eigenvalue weighted by atomic mass is 16.2. The van der Waals surface area contributed by atoms with Crippen molar-refractivity contribution in [1.29, 1.82) is 0 Å². The molecule has 1 saturated heterocycles. The Labute approximate surface area is 136 Å². The number of nitrogens with one attached hydrogen (secondary N) is 1. The summed E-state index contributed by atoms with van der Waals surface area (Å²) in [6.45, 7) is 9.39. The molecule has 3 heterocycles. The van der Waals surface area contributed by atoms with E-state index in [0.29, 0.717) is 6.04 Å². The molecular weight excluding hydrogens is 292 g/mol. The van der Waals surface area contributed by atoms with E-state index >= 15 is 0 Å². The third kappa shape index (κ3) is 3.28. The van der Waals surface area contributed by atoms with Gasteiger partial charge in [-0.05, 0) is 31.9 Å². The Hall–Kier alpha value is -2.18. The molecule has 0 saturated carbocycles. The molecular formula is C16H24N6O. The van der Waals surface area contributed by atoms with E-state index in [1.807, 2.05) is 44.7 Å². The Balaban J connectivity index is 1.61. The van der Waals surface area contributed by atoms with Crippen molar-refractivity contribution in [3.63, 3.8) is 0 Å². The molecule has 124 valence electrons. The number of fused-ring (bicyclic) bond motifs is 1. The van der Waals surface area contributed by atoms with Gasteiger partial charge >= 0.3 is 0 Å². The number of anilines is 1. The predicted molar refractivity (Wildman–Crippen MR) is 88.2 cm³/mol. The van der Waals surface area contributed by atoms with Gasteiger partial charge in [0.2, 0.25) is 5.91 Å². The summed E-state index contributed by atoms with van der Waals surface area (Å²) >= 11 is 0. The summed E-state index contributed by atoms with van der Waals surface area (Å²) in [4.78, 5) is 14.3. The van der Waals surface area contributed by atoms with Gasteiger partial charge in [0.15, 0.2) is 11.5 Å². The number of aryl methyl sites for hydroxylation is 1. The van der Waals surface area contributed by atoms with Crippen LogP contribution in [-0.2, 0) is 4.79 Å². The molecule has 0 bridgehead atoms. The van der Waals surface area contributed by atoms with E-state index in [-0.39, 0.29) is 11.3 Å². The lowest BCUT2D eigenvalue weighted by Crippen LogP contribution is -2.46. The number of aromatic nitrogens is 4. The third-order valence-corrected chi connectivity index (χ3v) is 4.19. The number of piperidine rings is 1. The molecule has 1 amide bonds. The van der Waals surface area contributed by atoms with Crippen molar-refractivity contribution in [2.45, 2.75) is 46.6 Å². The average Bonchev–Trinajstić information content (AvgIpc) is 2.88. The van der Waals surface area contributed by atoms with E-state index in [1.54, 1.807) is 4.52 Å². The number of nitrogens with zero attached hydrogens (tertiary/aromatic N) is 5. The van der Waals surface area contributed by atoms with Gasteiger partial charge in [0.05, 0.1) is 0 Å². The second-order valence-electron chi connectivity index (χ2n) is 7.20. The molecule has 3 rings (SSSR count). The maximum Gasteiger partial charge on any atom is 0.227 e. The topological polar surface area (TPSA) is 75.4 Å². The van der Waals surface area contributed by atoms with Crippen LogP contribution in [0.4, 0.5) is 5.82 Å². The molecule has 0 aliphatic carbocycles. The van der Waals surface area contributed by atoms with Crippen LogP contribution in [0.2, 0.25) is 0 Å². The van der Waals surface area contributed by atoms with Gasteiger partial charge in [0, 0.05) is 24.5 Å². The zero-order valence-electron chi connectivity index (χ0n) is 14.2. The standard InChI is InChI=1S/C16H24N6O/c1-11-18-19-14-6-5-13(20-22(11)14)17-12-7-9-21(10-8-12)15(23)16(2,3)4/h5-6,12H,7-10H2,1-4H3,(H,17,20). The Kier molecular flexibility index (Phi) is 3.95. The maximum atomic E-state index is 12.3. The van der Waals surface area contributed by atoms with Crippen LogP contribution in [0.5, 0.6) is 0 Å². The fraction of sp³-hybridized carbons (Fsp3) is 0.625. The number of amides is 1. The molecule has 2 aromatic heterocycles. The smallest absolute Gasteiger partial charge is 0.227 e. The highest BCUT2D eigenvalue weighted by Gasteiger charge is 2.30. The Morgan fingerprint density at radius 2 is 1.91 bits per heavy atom. The Morgan fingerprint density at radius 3 is 2.57 bits per heavy atom. The molecule has 1 aliphatic rings. The van der Waals surface area contributed by atoms with E-state index in [4.69, 9.17) is 0 Å². The van der Waals surface area contributed by atoms with Crippen LogP contribution in [0.15, 0.2) is 12.1 Å². The third-order valence-electron chi connectivity index (χ3n) is 4.19. The first-order valence-corrected chi connectivity index (χ1v) is 8.09. The minimum atomic E-state index is -0.307. The SMILES string of the molecule is Cc1nnc2ccc(NC3CCN(C(=O)C(C)(C)C)CC3)nn12. The monoisotopic (exact) mass is 316 g/mol. The lowest BCUT2D eigenvalue weighted by Gasteiger charge is -2.36. The first-order chi connectivity index (χ1) is 10.8. The number of rotatable bonds is 2. The Morgan fingerprint density at radius 1 is 1.22 bits per heavy atom. The van der Waals surface area contributed by atoms with Crippen LogP contribution >= 0.6 is 0 Å². The summed E-state index contributed by atoms with van der Waals surface area (Å²) in [5, 5.41) is 16.0. The van der Waals surface area contributed by atoms with Gasteiger partial charge in [-0.1, -0.05) is 20.8 Å². The molecule has 7 heteroatoms. The molecule has 0 radical (unpaired) electrons. The number of carbonyl (C=O) groups is 1. The van der Waals surface area contributed by atoms with Gasteiger partial charge in [0.25, 0.3) is 0 Å². The largest absolute Gasteiger partial charge is 0.366 e. The van der Waals surface area contributed by atoms with Gasteiger partial charge < -0.3 is 10.2 Å². The zero-order chi connectivity index (χ0) is 16.6. The van der Waals surface area contributed by atoms with Crippen molar-refractivity contribution in [3.8, 4) is 0 Å². The van der Waals surface area contributed by atoms with E-state index in [9.17, 15) is 4.79 Å². The van der Waals surface area contributed by atoms with E-state index in [1.165, 1.54) is 0 Å². The van der Waals surface area contributed by atoms with Crippen LogP contribution in [-0.4, -0.2) is 49.7 Å². The molecule has 1 fully saturated rings. The molecule has 0 aromatic carbocycles. The highest BCUT2D eigenvalue weighted by molar-refractivity contribution is 5.81. The van der Waals surface area contributed by atoms with E-state index < -0.39 is 0 Å². The summed E-state index contributed by atoms with van der Waals surface area (Å²) < 4.78 is 1.74. The molecule has 1 aliphatic heterocycles. The molecule has 2 aromatic rings. The van der Waals surface area contributed by atoms with Crippen molar-refractivity contribution in [1.82, 2.24) is 24.7 Å². The van der Waals surface area contributed by atoms with Gasteiger partial charge in [0.1, 0.15) is 5.82 Å². The van der Waals surface area contributed by atoms with Gasteiger partial charge in [-0.25, -0.2) is 0 Å². The first-order valence-electron chi connectivity index (χ1n) is 8.09. The lowest BCUT2D eigenvalue weighted by atomic mass is 9.93. The van der Waals surface area contributed by atoms with Crippen LogP contribution < -0.4 is 5.32 Å². The van der Waals surface area contributed by atoms with Crippen LogP contribution in [0.25, 0.3) is 5.65 Å². The van der Waals surface area contributed by atoms with Gasteiger partial charge in [-0.15, -0.1) is 15.3 Å². The predicted octanol–water partition coefficient (Wildman–Crippen LogP) is 1.88.